The first-order valence-electron chi connectivity index (χ1n) is 6.39. The van der Waals surface area contributed by atoms with Crippen molar-refractivity contribution in [2.24, 2.45) is 0 Å². The van der Waals surface area contributed by atoms with Gasteiger partial charge in [-0.3, -0.25) is 14.3 Å². The van der Waals surface area contributed by atoms with Crippen LogP contribution in [-0.4, -0.2) is 37.4 Å². The quantitative estimate of drug-likeness (QED) is 0.654. The Hall–Kier alpha value is -1.80. The lowest BCUT2D eigenvalue weighted by Crippen LogP contribution is -2.27. The predicted molar refractivity (Wildman–Crippen MR) is 75.0 cm³/mol. The van der Waals surface area contributed by atoms with Crippen molar-refractivity contribution in [1.29, 1.82) is 0 Å². The largest absolute Gasteiger partial charge is 0.331 e. The van der Waals surface area contributed by atoms with Gasteiger partial charge >= 0.3 is 0 Å². The minimum absolute atomic E-state index is 0.00376. The van der Waals surface area contributed by atoms with Gasteiger partial charge in [-0.2, -0.15) is 0 Å². The van der Waals surface area contributed by atoms with Crippen LogP contribution in [0.25, 0.3) is 11.0 Å². The van der Waals surface area contributed by atoms with E-state index in [9.17, 15) is 14.3 Å². The van der Waals surface area contributed by atoms with E-state index >= 15 is 0 Å². The lowest BCUT2D eigenvalue weighted by molar-refractivity contribution is -0.384. The van der Waals surface area contributed by atoms with Crippen LogP contribution in [0.2, 0.25) is 0 Å². The second-order valence-electron chi connectivity index (χ2n) is 4.81. The van der Waals surface area contributed by atoms with Crippen LogP contribution >= 0.6 is 0 Å². The second kappa shape index (κ2) is 5.29. The molecule has 0 amide bonds. The lowest BCUT2D eigenvalue weighted by Gasteiger charge is -2.07. The van der Waals surface area contributed by atoms with Crippen molar-refractivity contribution in [1.82, 2.24) is 15.3 Å². The molecule has 1 aromatic heterocycles. The summed E-state index contributed by atoms with van der Waals surface area (Å²) in [5.41, 5.74) is 1.14. The Morgan fingerprint density at radius 1 is 1.50 bits per heavy atom. The minimum Gasteiger partial charge on any atom is -0.331 e. The summed E-state index contributed by atoms with van der Waals surface area (Å²) in [5, 5.41) is 14.4. The zero-order valence-corrected chi connectivity index (χ0v) is 11.5. The van der Waals surface area contributed by atoms with Crippen molar-refractivity contribution in [3.63, 3.8) is 0 Å². The summed E-state index contributed by atoms with van der Waals surface area (Å²) in [6.07, 6.45) is 2.13. The van der Waals surface area contributed by atoms with E-state index in [0.29, 0.717) is 21.9 Å². The van der Waals surface area contributed by atoms with E-state index in [-0.39, 0.29) is 11.7 Å². The first kappa shape index (κ1) is 13.2. The molecule has 2 heterocycles. The van der Waals surface area contributed by atoms with Gasteiger partial charge in [-0.15, -0.1) is 0 Å². The van der Waals surface area contributed by atoms with Gasteiger partial charge in [0.1, 0.15) is 0 Å². The number of benzene rings is 1. The fourth-order valence-electron chi connectivity index (χ4n) is 2.36. The zero-order chi connectivity index (χ0) is 14.1. The van der Waals surface area contributed by atoms with Crippen LogP contribution in [0, 0.1) is 10.1 Å². The average Bonchev–Trinajstić information content (AvgIpc) is 3.05. The Balaban J connectivity index is 1.84. The molecule has 1 aromatic carbocycles. The van der Waals surface area contributed by atoms with Crippen LogP contribution in [0.3, 0.4) is 0 Å². The number of imidazole rings is 1. The Labute approximate surface area is 117 Å². The van der Waals surface area contributed by atoms with Gasteiger partial charge in [0.15, 0.2) is 5.16 Å². The van der Waals surface area contributed by atoms with E-state index in [1.807, 2.05) is 0 Å². The molecule has 1 aliphatic heterocycles. The molecule has 2 atom stereocenters. The molecule has 7 nitrogen and oxygen atoms in total. The van der Waals surface area contributed by atoms with E-state index in [1.165, 1.54) is 12.1 Å². The standard InChI is InChI=1S/C12H14N4O3S/c17-16(18)9-3-4-10-11(6-9)15-12(14-10)20(19)7-8-2-1-5-13-8/h3-4,6,8,13H,1-2,5,7H2,(H,14,15)/t8-,20-/m0/s1. The van der Waals surface area contributed by atoms with Crippen LogP contribution in [0.4, 0.5) is 5.69 Å². The third-order valence-corrected chi connectivity index (χ3v) is 4.71. The van der Waals surface area contributed by atoms with Gasteiger partial charge in [0.05, 0.1) is 26.8 Å². The number of fused-ring (bicyclic) bond motifs is 1. The van der Waals surface area contributed by atoms with Gasteiger partial charge in [-0.25, -0.2) is 4.98 Å². The fourth-order valence-corrected chi connectivity index (χ4v) is 3.59. The summed E-state index contributed by atoms with van der Waals surface area (Å²) in [5.74, 6) is 0.516. The average molecular weight is 294 g/mol. The number of nitrogens with one attached hydrogen (secondary N) is 2. The molecule has 0 unspecified atom stereocenters. The maximum Gasteiger partial charge on any atom is 0.271 e. The van der Waals surface area contributed by atoms with E-state index < -0.39 is 15.7 Å². The number of hydrogen-bond acceptors (Lipinski definition) is 5. The first-order valence-corrected chi connectivity index (χ1v) is 7.71. The molecule has 2 N–H and O–H groups in total. The number of rotatable bonds is 4. The normalized spacial score (nSPS) is 20.3. The number of aromatic amines is 1. The molecule has 0 radical (unpaired) electrons. The van der Waals surface area contributed by atoms with Gasteiger partial charge in [-0.1, -0.05) is 0 Å². The molecule has 20 heavy (non-hydrogen) atoms. The Morgan fingerprint density at radius 2 is 2.35 bits per heavy atom. The number of hydrogen-bond donors (Lipinski definition) is 2. The van der Waals surface area contributed by atoms with Crippen LogP contribution in [0.1, 0.15) is 12.8 Å². The molecule has 1 saturated heterocycles. The molecule has 0 bridgehead atoms. The zero-order valence-electron chi connectivity index (χ0n) is 10.7. The lowest BCUT2D eigenvalue weighted by atomic mass is 10.3. The Kier molecular flexibility index (Phi) is 3.49. The topological polar surface area (TPSA) is 101 Å². The minimum atomic E-state index is -1.22. The molecule has 0 aliphatic carbocycles. The maximum absolute atomic E-state index is 12.2. The fraction of sp³-hybridized carbons (Fsp3) is 0.417. The number of nitrogens with zero attached hydrogens (tertiary/aromatic N) is 2. The Bertz CT molecular complexity index is 678. The van der Waals surface area contributed by atoms with Crippen molar-refractivity contribution in [2.75, 3.05) is 12.3 Å². The molecule has 1 aliphatic rings. The van der Waals surface area contributed by atoms with Crippen molar-refractivity contribution < 1.29 is 9.13 Å². The van der Waals surface area contributed by atoms with Crippen LogP contribution in [0.15, 0.2) is 23.4 Å². The van der Waals surface area contributed by atoms with Crippen molar-refractivity contribution in [3.05, 3.63) is 28.3 Å². The van der Waals surface area contributed by atoms with E-state index in [2.05, 4.69) is 15.3 Å². The monoisotopic (exact) mass is 294 g/mol. The highest BCUT2D eigenvalue weighted by Crippen LogP contribution is 2.20. The van der Waals surface area contributed by atoms with E-state index in [1.54, 1.807) is 6.07 Å². The van der Waals surface area contributed by atoms with Crippen molar-refractivity contribution >= 4 is 27.5 Å². The molecule has 8 heteroatoms. The molecule has 2 aromatic rings. The van der Waals surface area contributed by atoms with E-state index in [4.69, 9.17) is 0 Å². The molecular formula is C12H14N4O3S. The van der Waals surface area contributed by atoms with Gasteiger partial charge < -0.3 is 10.3 Å². The van der Waals surface area contributed by atoms with Gasteiger partial charge in [0.2, 0.25) is 0 Å². The second-order valence-corrected chi connectivity index (χ2v) is 6.22. The molecular weight excluding hydrogens is 280 g/mol. The predicted octanol–water partition coefficient (Wildman–Crippen LogP) is 1.33. The molecule has 1 fully saturated rings. The Morgan fingerprint density at radius 3 is 3.05 bits per heavy atom. The number of nitro benzene ring substituents is 1. The molecule has 106 valence electrons. The van der Waals surface area contributed by atoms with Gasteiger partial charge in [-0.05, 0) is 25.5 Å². The number of H-pyrrole nitrogens is 1. The summed E-state index contributed by atoms with van der Waals surface area (Å²) in [6, 6.07) is 4.64. The highest BCUT2D eigenvalue weighted by Gasteiger charge is 2.20. The van der Waals surface area contributed by atoms with Crippen LogP contribution in [-0.2, 0) is 10.8 Å². The number of nitro groups is 1. The van der Waals surface area contributed by atoms with Crippen LogP contribution < -0.4 is 5.32 Å². The smallest absolute Gasteiger partial charge is 0.271 e. The molecule has 3 rings (SSSR count). The maximum atomic E-state index is 12.2. The van der Waals surface area contributed by atoms with Gasteiger partial charge in [0, 0.05) is 23.9 Å². The first-order chi connectivity index (χ1) is 9.63. The highest BCUT2D eigenvalue weighted by molar-refractivity contribution is 7.84. The number of non-ortho nitro benzene ring substituents is 1. The third kappa shape index (κ3) is 2.56. The van der Waals surface area contributed by atoms with Crippen LogP contribution in [0.5, 0.6) is 0 Å². The van der Waals surface area contributed by atoms with Crippen molar-refractivity contribution in [3.8, 4) is 0 Å². The van der Waals surface area contributed by atoms with Crippen molar-refractivity contribution in [2.45, 2.75) is 24.0 Å². The summed E-state index contributed by atoms with van der Waals surface area (Å²) >= 11 is 0. The van der Waals surface area contributed by atoms with Gasteiger partial charge in [0.25, 0.3) is 5.69 Å². The third-order valence-electron chi connectivity index (χ3n) is 3.39. The summed E-state index contributed by atoms with van der Waals surface area (Å²) < 4.78 is 12.2. The molecule has 0 spiro atoms. The summed E-state index contributed by atoms with van der Waals surface area (Å²) in [7, 11) is -1.22. The summed E-state index contributed by atoms with van der Waals surface area (Å²) in [6.45, 7) is 0.966. The SMILES string of the molecule is O=[N+]([O-])c1ccc2nc([S@@](=O)C[C@@H]3CCCN3)[nH]c2c1. The van der Waals surface area contributed by atoms with E-state index in [0.717, 1.165) is 19.4 Å². The summed E-state index contributed by atoms with van der Waals surface area (Å²) in [4.78, 5) is 17.4. The molecule has 0 saturated carbocycles. The highest BCUT2D eigenvalue weighted by atomic mass is 32.2. The number of aromatic nitrogens is 2.